The first-order valence-electron chi connectivity index (χ1n) is 4.20. The van der Waals surface area contributed by atoms with Gasteiger partial charge in [-0.2, -0.15) is 0 Å². The summed E-state index contributed by atoms with van der Waals surface area (Å²) in [6.45, 7) is 2.30. The topological polar surface area (TPSA) is 46.5 Å². The second-order valence-electron chi connectivity index (χ2n) is 2.65. The molecule has 1 rings (SSSR count). The Hall–Kier alpha value is 0.126. The summed E-state index contributed by atoms with van der Waals surface area (Å²) in [7, 11) is 0. The Morgan fingerprint density at radius 3 is 2.64 bits per heavy atom. The first kappa shape index (κ1) is 14.1. The Kier molecular flexibility index (Phi) is 7.49. The van der Waals surface area contributed by atoms with Crippen LogP contribution in [-0.2, 0) is 4.74 Å². The van der Waals surface area contributed by atoms with Crippen LogP contribution in [0.25, 0.3) is 0 Å². The van der Waals surface area contributed by atoms with Crippen LogP contribution in [0.3, 0.4) is 0 Å². The van der Waals surface area contributed by atoms with E-state index in [4.69, 9.17) is 4.74 Å². The molecule has 0 spiro atoms. The van der Waals surface area contributed by atoms with Crippen LogP contribution in [0.1, 0.15) is 23.7 Å². The van der Waals surface area contributed by atoms with Gasteiger partial charge in [-0.3, -0.25) is 0 Å². The van der Waals surface area contributed by atoms with Crippen LogP contribution in [0.4, 0.5) is 0 Å². The predicted octanol–water partition coefficient (Wildman–Crippen LogP) is 1.58. The Labute approximate surface area is 126 Å². The molecule has 4 heteroatoms. The third kappa shape index (κ3) is 4.10. The molecule has 14 heavy (non-hydrogen) atoms. The Bertz CT molecular complexity index is 299. The maximum Gasteiger partial charge on any atom is 0.341 e. The van der Waals surface area contributed by atoms with E-state index in [2.05, 4.69) is 0 Å². The fourth-order valence-corrected chi connectivity index (χ4v) is 0.919. The molecule has 0 heterocycles. The van der Waals surface area contributed by atoms with Crippen molar-refractivity contribution in [2.45, 2.75) is 13.3 Å². The number of para-hydroxylation sites is 1. The van der Waals surface area contributed by atoms with E-state index in [-0.39, 0.29) is 62.7 Å². The van der Waals surface area contributed by atoms with Gasteiger partial charge in [0.15, 0.2) is 0 Å². The van der Waals surface area contributed by atoms with Gasteiger partial charge in [0.2, 0.25) is 0 Å². The zero-order valence-corrected chi connectivity index (χ0v) is 11.6. The first-order valence-corrected chi connectivity index (χ1v) is 4.20. The molecule has 1 radical (unpaired) electrons. The van der Waals surface area contributed by atoms with Gasteiger partial charge >= 0.3 is 5.97 Å². The van der Waals surface area contributed by atoms with E-state index < -0.39 is 5.97 Å². The van der Waals surface area contributed by atoms with Crippen molar-refractivity contribution in [2.24, 2.45) is 0 Å². The minimum Gasteiger partial charge on any atom is -0.507 e. The predicted molar refractivity (Wildman–Crippen MR) is 54.4 cm³/mol. The molecule has 0 saturated carbocycles. The standard InChI is InChI=1S/C10H12O3.K/c1-2-7-13-10(12)8-5-3-4-6-9(8)11;/h3-6,11H,2,7H2,1H3;. The summed E-state index contributed by atoms with van der Waals surface area (Å²) in [5.74, 6) is -0.511. The van der Waals surface area contributed by atoms with E-state index in [0.29, 0.717) is 6.61 Å². The molecule has 71 valence electrons. The van der Waals surface area contributed by atoms with Gasteiger partial charge < -0.3 is 9.84 Å². The number of benzene rings is 1. The minimum absolute atomic E-state index is 0. The molecule has 0 amide bonds. The van der Waals surface area contributed by atoms with Crippen LogP contribution in [0.15, 0.2) is 24.3 Å². The zero-order valence-electron chi connectivity index (χ0n) is 8.49. The van der Waals surface area contributed by atoms with Crippen LogP contribution in [0.2, 0.25) is 0 Å². The van der Waals surface area contributed by atoms with Gasteiger partial charge in [0, 0.05) is 51.4 Å². The number of hydrogen-bond donors (Lipinski definition) is 1. The molecule has 0 aliphatic heterocycles. The Morgan fingerprint density at radius 2 is 2.07 bits per heavy atom. The number of phenolic OH excluding ortho intramolecular Hbond substituents is 1. The van der Waals surface area contributed by atoms with Gasteiger partial charge in [-0.15, -0.1) is 0 Å². The molecule has 0 fully saturated rings. The number of ether oxygens (including phenoxy) is 1. The molecule has 0 aromatic heterocycles. The fraction of sp³-hybridized carbons (Fsp3) is 0.300. The van der Waals surface area contributed by atoms with E-state index in [0.717, 1.165) is 6.42 Å². The summed E-state index contributed by atoms with van der Waals surface area (Å²) < 4.78 is 4.86. The number of phenols is 1. The molecule has 0 aliphatic rings. The minimum atomic E-state index is -0.472. The van der Waals surface area contributed by atoms with Crippen molar-refractivity contribution < 1.29 is 14.6 Å². The third-order valence-corrected chi connectivity index (χ3v) is 1.56. The van der Waals surface area contributed by atoms with Gasteiger partial charge in [-0.25, -0.2) is 4.79 Å². The summed E-state index contributed by atoms with van der Waals surface area (Å²) in [5.41, 5.74) is 0.218. The number of hydrogen-bond acceptors (Lipinski definition) is 3. The smallest absolute Gasteiger partial charge is 0.341 e. The maximum atomic E-state index is 11.2. The third-order valence-electron chi connectivity index (χ3n) is 1.56. The molecule has 3 nitrogen and oxygen atoms in total. The largest absolute Gasteiger partial charge is 0.507 e. The van der Waals surface area contributed by atoms with Crippen molar-refractivity contribution in [3.63, 3.8) is 0 Å². The first-order chi connectivity index (χ1) is 6.25. The Morgan fingerprint density at radius 1 is 1.43 bits per heavy atom. The molecule has 0 aliphatic carbocycles. The van der Waals surface area contributed by atoms with Crippen molar-refractivity contribution >= 4 is 57.4 Å². The molecule has 1 aromatic rings. The number of aromatic hydroxyl groups is 1. The molecule has 0 saturated heterocycles. The number of esters is 1. The van der Waals surface area contributed by atoms with E-state index in [1.165, 1.54) is 12.1 Å². The van der Waals surface area contributed by atoms with Crippen molar-refractivity contribution in [3.8, 4) is 5.75 Å². The van der Waals surface area contributed by atoms with Crippen LogP contribution in [-0.4, -0.2) is 69.1 Å². The van der Waals surface area contributed by atoms with E-state index >= 15 is 0 Å². The second-order valence-corrected chi connectivity index (χ2v) is 2.65. The normalized spacial score (nSPS) is 8.93. The summed E-state index contributed by atoms with van der Waals surface area (Å²) in [6.07, 6.45) is 0.777. The summed E-state index contributed by atoms with van der Waals surface area (Å²) in [6, 6.07) is 6.34. The molecule has 1 aromatic carbocycles. The van der Waals surface area contributed by atoms with Crippen molar-refractivity contribution in [3.05, 3.63) is 29.8 Å². The molecule has 0 unspecified atom stereocenters. The molecular weight excluding hydrogens is 207 g/mol. The number of carbonyl (C=O) groups is 1. The molecule has 0 bridgehead atoms. The van der Waals surface area contributed by atoms with E-state index in [1.54, 1.807) is 12.1 Å². The molecular formula is C10H12KO3. The molecule has 0 atom stereocenters. The quantitative estimate of drug-likeness (QED) is 0.620. The average Bonchev–Trinajstić information content (AvgIpc) is 2.15. The van der Waals surface area contributed by atoms with Crippen LogP contribution in [0.5, 0.6) is 5.75 Å². The molecule has 1 N–H and O–H groups in total. The zero-order chi connectivity index (χ0) is 9.68. The van der Waals surface area contributed by atoms with Crippen molar-refractivity contribution in [2.75, 3.05) is 6.61 Å². The Balaban J connectivity index is 0.00000169. The van der Waals surface area contributed by atoms with Crippen molar-refractivity contribution in [1.29, 1.82) is 0 Å². The van der Waals surface area contributed by atoms with Gasteiger partial charge in [-0.1, -0.05) is 19.1 Å². The van der Waals surface area contributed by atoms with Crippen LogP contribution >= 0.6 is 0 Å². The monoisotopic (exact) mass is 219 g/mol. The van der Waals surface area contributed by atoms with E-state index in [1.807, 2.05) is 6.92 Å². The van der Waals surface area contributed by atoms with Gasteiger partial charge in [0.25, 0.3) is 0 Å². The van der Waals surface area contributed by atoms with Crippen molar-refractivity contribution in [1.82, 2.24) is 0 Å². The number of rotatable bonds is 3. The second kappa shape index (κ2) is 7.42. The SMILES string of the molecule is CCCOC(=O)c1ccccc1O.[K]. The summed E-state index contributed by atoms with van der Waals surface area (Å²) in [5, 5.41) is 9.28. The van der Waals surface area contributed by atoms with E-state index in [9.17, 15) is 9.90 Å². The maximum absolute atomic E-state index is 11.2. The summed E-state index contributed by atoms with van der Waals surface area (Å²) in [4.78, 5) is 11.2. The summed E-state index contributed by atoms with van der Waals surface area (Å²) >= 11 is 0. The number of carbonyl (C=O) groups excluding carboxylic acids is 1. The fourth-order valence-electron chi connectivity index (χ4n) is 0.919. The van der Waals surface area contributed by atoms with Gasteiger partial charge in [0.1, 0.15) is 11.3 Å². The van der Waals surface area contributed by atoms with Crippen LogP contribution < -0.4 is 0 Å². The van der Waals surface area contributed by atoms with Gasteiger partial charge in [-0.05, 0) is 18.6 Å². The van der Waals surface area contributed by atoms with Gasteiger partial charge in [0.05, 0.1) is 6.61 Å². The average molecular weight is 219 g/mol. The van der Waals surface area contributed by atoms with Crippen LogP contribution in [0, 0.1) is 0 Å².